The fourth-order valence-electron chi connectivity index (χ4n) is 1.21. The minimum Gasteiger partial charge on any atom is -0.383 e. The topological polar surface area (TPSA) is 34.1 Å². The molecule has 1 aromatic heterocycles. The average Bonchev–Trinajstić information content (AvgIpc) is 2.28. The Morgan fingerprint density at radius 3 is 2.71 bits per heavy atom. The highest BCUT2D eigenvalue weighted by Gasteiger charge is 2.32. The highest BCUT2D eigenvalue weighted by Crippen LogP contribution is 2.28. The van der Waals surface area contributed by atoms with Crippen molar-refractivity contribution in [2.45, 2.75) is 12.2 Å². The molecule has 0 saturated heterocycles. The van der Waals surface area contributed by atoms with Crippen LogP contribution in [-0.4, -0.2) is 30.6 Å². The molecule has 0 aliphatic rings. The second kappa shape index (κ2) is 6.07. The number of hydrogen-bond donors (Lipinski definition) is 1. The Hall–Kier alpha value is -1.01. The average molecular weight is 269 g/mol. The lowest BCUT2D eigenvalue weighted by Gasteiger charge is -2.16. The first-order valence-electron chi connectivity index (χ1n) is 4.83. The first kappa shape index (κ1) is 14.1. The largest absolute Gasteiger partial charge is 0.433 e. The van der Waals surface area contributed by atoms with E-state index in [9.17, 15) is 13.2 Å². The van der Waals surface area contributed by atoms with Gasteiger partial charge in [-0.2, -0.15) is 13.2 Å². The van der Waals surface area contributed by atoms with Crippen LogP contribution in [0.25, 0.3) is 0 Å². The van der Waals surface area contributed by atoms with E-state index in [-0.39, 0.29) is 17.7 Å². The zero-order valence-electron chi connectivity index (χ0n) is 9.09. The molecule has 1 heterocycles. The molecular weight excluding hydrogens is 257 g/mol. The number of rotatable bonds is 5. The zero-order valence-corrected chi connectivity index (χ0v) is 9.85. The van der Waals surface area contributed by atoms with Crippen molar-refractivity contribution in [3.63, 3.8) is 0 Å². The third kappa shape index (κ3) is 4.40. The summed E-state index contributed by atoms with van der Waals surface area (Å²) in [6, 6.07) is 3.37. The summed E-state index contributed by atoms with van der Waals surface area (Å²) in [5, 5.41) is 2.77. The monoisotopic (exact) mass is 268 g/mol. The van der Waals surface area contributed by atoms with E-state index in [2.05, 4.69) is 10.3 Å². The molecule has 0 aliphatic carbocycles. The smallest absolute Gasteiger partial charge is 0.383 e. The summed E-state index contributed by atoms with van der Waals surface area (Å²) >= 11 is 5.63. The highest BCUT2D eigenvalue weighted by atomic mass is 35.5. The van der Waals surface area contributed by atoms with Gasteiger partial charge in [0.25, 0.3) is 0 Å². The van der Waals surface area contributed by atoms with Crippen LogP contribution < -0.4 is 5.32 Å². The van der Waals surface area contributed by atoms with Crippen molar-refractivity contribution in [2.75, 3.05) is 24.9 Å². The summed E-state index contributed by atoms with van der Waals surface area (Å²) in [5.74, 6) is 0.341. The minimum absolute atomic E-state index is 0.127. The molecule has 17 heavy (non-hydrogen) atoms. The van der Waals surface area contributed by atoms with Crippen LogP contribution in [0.3, 0.4) is 0 Å². The van der Waals surface area contributed by atoms with Crippen LogP contribution in [0.2, 0.25) is 0 Å². The number of hydrogen-bond acceptors (Lipinski definition) is 3. The predicted octanol–water partition coefficient (Wildman–Crippen LogP) is 2.77. The van der Waals surface area contributed by atoms with Gasteiger partial charge in [0.15, 0.2) is 0 Å². The number of pyridine rings is 1. The zero-order chi connectivity index (χ0) is 12.9. The Bertz CT molecular complexity index is 360. The minimum atomic E-state index is -4.45. The fourth-order valence-corrected chi connectivity index (χ4v) is 1.37. The van der Waals surface area contributed by atoms with Gasteiger partial charge in [0.2, 0.25) is 0 Å². The predicted molar refractivity (Wildman–Crippen MR) is 59.2 cm³/mol. The lowest BCUT2D eigenvalue weighted by atomic mass is 10.3. The Labute approximate surface area is 102 Å². The van der Waals surface area contributed by atoms with Crippen molar-refractivity contribution in [3.8, 4) is 0 Å². The molecule has 0 bridgehead atoms. The number of aromatic nitrogens is 1. The van der Waals surface area contributed by atoms with Gasteiger partial charge in [0, 0.05) is 13.0 Å². The van der Waals surface area contributed by atoms with Crippen LogP contribution in [0.1, 0.15) is 5.69 Å². The molecule has 0 aliphatic heterocycles. The maximum Gasteiger partial charge on any atom is 0.433 e. The second-order valence-corrected chi connectivity index (χ2v) is 3.67. The third-order valence-corrected chi connectivity index (χ3v) is 2.32. The molecule has 1 aromatic rings. The SMILES string of the molecule is COCC(CCl)Nc1cccc(C(F)(F)F)n1. The van der Waals surface area contributed by atoms with Crippen LogP contribution in [0.4, 0.5) is 19.0 Å². The number of nitrogens with one attached hydrogen (secondary N) is 1. The molecule has 0 radical (unpaired) electrons. The van der Waals surface area contributed by atoms with Crippen LogP contribution in [0.5, 0.6) is 0 Å². The maximum absolute atomic E-state index is 12.4. The molecule has 1 N–H and O–H groups in total. The molecule has 1 rings (SSSR count). The fraction of sp³-hybridized carbons (Fsp3) is 0.500. The lowest BCUT2D eigenvalue weighted by molar-refractivity contribution is -0.141. The summed E-state index contributed by atoms with van der Waals surface area (Å²) in [6.45, 7) is 0.293. The van der Waals surface area contributed by atoms with Crippen molar-refractivity contribution >= 4 is 17.4 Å². The molecule has 0 fully saturated rings. The molecule has 0 spiro atoms. The normalized spacial score (nSPS) is 13.5. The number of alkyl halides is 4. The summed E-state index contributed by atoms with van der Waals surface area (Å²) in [7, 11) is 1.49. The quantitative estimate of drug-likeness (QED) is 0.834. The second-order valence-electron chi connectivity index (χ2n) is 3.36. The molecule has 1 unspecified atom stereocenters. The van der Waals surface area contributed by atoms with Gasteiger partial charge in [-0.3, -0.25) is 0 Å². The van der Waals surface area contributed by atoms with E-state index >= 15 is 0 Å². The van der Waals surface area contributed by atoms with E-state index < -0.39 is 11.9 Å². The Morgan fingerprint density at radius 2 is 2.18 bits per heavy atom. The summed E-state index contributed by atoms with van der Waals surface area (Å²) in [6.07, 6.45) is -4.45. The molecular formula is C10H12ClF3N2O. The van der Waals surface area contributed by atoms with Gasteiger partial charge < -0.3 is 10.1 Å². The van der Waals surface area contributed by atoms with Gasteiger partial charge in [-0.05, 0) is 12.1 Å². The summed E-state index contributed by atoms with van der Waals surface area (Å²) in [5.41, 5.74) is -0.937. The van der Waals surface area contributed by atoms with Gasteiger partial charge in [-0.1, -0.05) is 6.07 Å². The van der Waals surface area contributed by atoms with E-state index in [1.807, 2.05) is 0 Å². The third-order valence-electron chi connectivity index (χ3n) is 1.95. The van der Waals surface area contributed by atoms with Crippen molar-refractivity contribution in [3.05, 3.63) is 23.9 Å². The van der Waals surface area contributed by atoms with Crippen LogP contribution >= 0.6 is 11.6 Å². The van der Waals surface area contributed by atoms with Crippen molar-refractivity contribution in [1.29, 1.82) is 0 Å². The molecule has 0 aromatic carbocycles. The molecule has 3 nitrogen and oxygen atoms in total. The van der Waals surface area contributed by atoms with Crippen molar-refractivity contribution < 1.29 is 17.9 Å². The van der Waals surface area contributed by atoms with E-state index in [1.54, 1.807) is 0 Å². The van der Waals surface area contributed by atoms with Crippen LogP contribution in [0, 0.1) is 0 Å². The van der Waals surface area contributed by atoms with Gasteiger partial charge in [-0.25, -0.2) is 4.98 Å². The number of ether oxygens (including phenoxy) is 1. The molecule has 1 atom stereocenters. The first-order valence-corrected chi connectivity index (χ1v) is 5.36. The molecule has 0 amide bonds. The van der Waals surface area contributed by atoms with E-state index in [1.165, 1.54) is 19.2 Å². The number of anilines is 1. The summed E-state index contributed by atoms with van der Waals surface area (Å²) in [4.78, 5) is 3.46. The Morgan fingerprint density at radius 1 is 1.47 bits per heavy atom. The van der Waals surface area contributed by atoms with Crippen molar-refractivity contribution in [2.24, 2.45) is 0 Å². The van der Waals surface area contributed by atoms with Gasteiger partial charge in [-0.15, -0.1) is 11.6 Å². The molecule has 0 saturated carbocycles. The molecule has 96 valence electrons. The summed E-state index contributed by atoms with van der Waals surface area (Å²) < 4.78 is 42.1. The number of halogens is 4. The standard InChI is InChI=1S/C10H12ClF3N2O/c1-17-6-7(5-11)15-9-4-2-3-8(16-9)10(12,13)14/h2-4,7H,5-6H2,1H3,(H,15,16). The van der Waals surface area contributed by atoms with Crippen molar-refractivity contribution in [1.82, 2.24) is 4.98 Å². The Balaban J connectivity index is 2.78. The Kier molecular flexibility index (Phi) is 5.02. The van der Waals surface area contributed by atoms with E-state index in [0.717, 1.165) is 6.07 Å². The van der Waals surface area contributed by atoms with Gasteiger partial charge >= 0.3 is 6.18 Å². The van der Waals surface area contributed by atoms with Crippen LogP contribution in [0.15, 0.2) is 18.2 Å². The van der Waals surface area contributed by atoms with Gasteiger partial charge in [0.1, 0.15) is 11.5 Å². The lowest BCUT2D eigenvalue weighted by Crippen LogP contribution is -2.27. The first-order chi connectivity index (χ1) is 7.97. The molecule has 7 heteroatoms. The van der Waals surface area contributed by atoms with E-state index in [0.29, 0.717) is 6.61 Å². The van der Waals surface area contributed by atoms with Crippen LogP contribution in [-0.2, 0) is 10.9 Å². The van der Waals surface area contributed by atoms with E-state index in [4.69, 9.17) is 16.3 Å². The number of methoxy groups -OCH3 is 1. The van der Waals surface area contributed by atoms with Gasteiger partial charge in [0.05, 0.1) is 12.6 Å². The number of nitrogens with zero attached hydrogens (tertiary/aromatic N) is 1. The highest BCUT2D eigenvalue weighted by molar-refractivity contribution is 6.18. The maximum atomic E-state index is 12.4.